The molecular formula is C21H20BrN4O3S+. The van der Waals surface area contributed by atoms with Crippen molar-refractivity contribution in [3.05, 3.63) is 62.9 Å². The summed E-state index contributed by atoms with van der Waals surface area (Å²) in [5, 5.41) is 5.15. The van der Waals surface area contributed by atoms with E-state index in [0.29, 0.717) is 34.3 Å². The second-order valence-electron chi connectivity index (χ2n) is 6.65. The van der Waals surface area contributed by atoms with E-state index < -0.39 is 6.17 Å². The first-order valence-electron chi connectivity index (χ1n) is 9.35. The number of hydrogen-bond acceptors (Lipinski definition) is 5. The van der Waals surface area contributed by atoms with Gasteiger partial charge in [-0.3, -0.25) is 14.6 Å². The van der Waals surface area contributed by atoms with E-state index in [-0.39, 0.29) is 11.5 Å². The molecule has 2 aromatic carbocycles. The fourth-order valence-electron chi connectivity index (χ4n) is 3.63. The number of amides is 1. The van der Waals surface area contributed by atoms with Crippen molar-refractivity contribution in [2.45, 2.75) is 24.7 Å². The van der Waals surface area contributed by atoms with E-state index >= 15 is 0 Å². The lowest BCUT2D eigenvalue weighted by molar-refractivity contribution is -0.763. The lowest BCUT2D eigenvalue weighted by Gasteiger charge is -2.32. The monoisotopic (exact) mass is 487 g/mol. The van der Waals surface area contributed by atoms with Crippen LogP contribution in [0.1, 0.15) is 25.1 Å². The Bertz CT molecular complexity index is 1200. The smallest absolute Gasteiger partial charge is 0.325 e. The van der Waals surface area contributed by atoms with Crippen LogP contribution in [0.5, 0.6) is 5.75 Å². The Kier molecular flexibility index (Phi) is 5.66. The number of carbonyl (C=O) groups is 1. The summed E-state index contributed by atoms with van der Waals surface area (Å²) >= 11 is 4.95. The zero-order chi connectivity index (χ0) is 21.4. The molecule has 0 radical (unpaired) electrons. The number of benzene rings is 2. The number of methoxy groups -OCH3 is 1. The number of hydrogen-bond donors (Lipinski definition) is 1. The minimum atomic E-state index is -0.653. The summed E-state index contributed by atoms with van der Waals surface area (Å²) < 4.78 is 7.85. The normalized spacial score (nSPS) is 14.8. The van der Waals surface area contributed by atoms with Crippen molar-refractivity contribution < 1.29 is 14.2 Å². The number of rotatable bonds is 4. The predicted octanol–water partition coefficient (Wildman–Crippen LogP) is 3.52. The summed E-state index contributed by atoms with van der Waals surface area (Å²) in [5.74, 6) is 0.570. The number of ether oxygens (including phenoxy) is 1. The van der Waals surface area contributed by atoms with Crippen molar-refractivity contribution in [3.8, 4) is 17.0 Å². The highest BCUT2D eigenvalue weighted by Crippen LogP contribution is 2.40. The van der Waals surface area contributed by atoms with Crippen LogP contribution in [0.3, 0.4) is 0 Å². The van der Waals surface area contributed by atoms with Gasteiger partial charge in [-0.2, -0.15) is 0 Å². The van der Waals surface area contributed by atoms with Crippen molar-refractivity contribution in [3.63, 3.8) is 0 Å². The lowest BCUT2D eigenvalue weighted by atomic mass is 10.0. The van der Waals surface area contributed by atoms with Crippen molar-refractivity contribution in [1.29, 1.82) is 0 Å². The lowest BCUT2D eigenvalue weighted by Crippen LogP contribution is -2.61. The van der Waals surface area contributed by atoms with E-state index in [1.807, 2.05) is 55.6 Å². The summed E-state index contributed by atoms with van der Waals surface area (Å²) in [6.45, 7) is 1.82. The number of nitrogens with one attached hydrogen (secondary N) is 1. The van der Waals surface area contributed by atoms with E-state index in [1.165, 1.54) is 11.8 Å². The van der Waals surface area contributed by atoms with Crippen molar-refractivity contribution in [2.24, 2.45) is 0 Å². The number of carbonyl (C=O) groups excluding carboxylic acids is 1. The van der Waals surface area contributed by atoms with Crippen LogP contribution in [0.25, 0.3) is 11.3 Å². The summed E-state index contributed by atoms with van der Waals surface area (Å²) in [7, 11) is 1.59. The third-order valence-corrected chi connectivity index (χ3v) is 6.30. The summed E-state index contributed by atoms with van der Waals surface area (Å²) in [4.78, 5) is 30.8. The molecule has 30 heavy (non-hydrogen) atoms. The number of nitrogens with zero attached hydrogens (tertiary/aromatic N) is 3. The van der Waals surface area contributed by atoms with Gasteiger partial charge < -0.3 is 4.74 Å². The average molecular weight is 488 g/mol. The molecule has 0 saturated heterocycles. The number of halogens is 1. The second-order valence-corrected chi connectivity index (χ2v) is 8.30. The number of fused-ring (bicyclic) bond motifs is 3. The number of H-pyrrole nitrogens is 1. The summed E-state index contributed by atoms with van der Waals surface area (Å²) in [5.41, 5.74) is 2.25. The van der Waals surface area contributed by atoms with Gasteiger partial charge >= 0.3 is 11.3 Å². The van der Waals surface area contributed by atoms with E-state index in [0.717, 1.165) is 10.0 Å². The minimum Gasteiger partial charge on any atom is -0.497 e. The van der Waals surface area contributed by atoms with E-state index in [4.69, 9.17) is 4.74 Å². The highest BCUT2D eigenvalue weighted by atomic mass is 79.9. The fraction of sp³-hybridized carbons (Fsp3) is 0.238. The molecule has 1 amide bonds. The molecule has 1 unspecified atom stereocenters. The van der Waals surface area contributed by atoms with E-state index in [1.54, 1.807) is 16.7 Å². The Balaban J connectivity index is 2.11. The van der Waals surface area contributed by atoms with E-state index in [2.05, 4.69) is 26.0 Å². The molecule has 1 atom stereocenters. The SMILES string of the molecule is CCC(=O)N1c2ccccc2-c2c(=O)[nH]c(SC)n[n+]2C1c1cc(OC)ccc1Br. The largest absolute Gasteiger partial charge is 0.497 e. The van der Waals surface area contributed by atoms with Crippen LogP contribution in [0.15, 0.2) is 56.9 Å². The molecule has 0 spiro atoms. The molecular weight excluding hydrogens is 468 g/mol. The molecule has 7 nitrogen and oxygen atoms in total. The first kappa shape index (κ1) is 20.6. The topological polar surface area (TPSA) is 79.2 Å². The Morgan fingerprint density at radius 1 is 1.33 bits per heavy atom. The molecule has 3 aromatic rings. The van der Waals surface area contributed by atoms with Crippen LogP contribution in [0, 0.1) is 0 Å². The standard InChI is InChI=1S/C21H19BrN4O3S/c1-4-17(27)25-16-8-6-5-7-13(16)18-19(28)23-21(30-3)24-26(18)20(25)14-11-12(29-2)9-10-15(14)22/h5-11,20H,4H2,1-3H3/p+1. The molecule has 0 bridgehead atoms. The van der Waals surface area contributed by atoms with Gasteiger partial charge in [0.05, 0.1) is 23.9 Å². The molecule has 1 aliphatic heterocycles. The number of aromatic nitrogens is 3. The molecule has 0 saturated carbocycles. The molecule has 1 aliphatic rings. The molecule has 0 fully saturated rings. The van der Waals surface area contributed by atoms with Crippen LogP contribution in [0.2, 0.25) is 0 Å². The van der Waals surface area contributed by atoms with Gasteiger partial charge in [0.25, 0.3) is 6.17 Å². The van der Waals surface area contributed by atoms with Crippen LogP contribution in [0.4, 0.5) is 5.69 Å². The minimum absolute atomic E-state index is 0.0758. The number of thioether (sulfide) groups is 1. The third-order valence-electron chi connectivity index (χ3n) is 5.00. The second kappa shape index (κ2) is 8.23. The van der Waals surface area contributed by atoms with Crippen LogP contribution >= 0.6 is 27.7 Å². The highest BCUT2D eigenvalue weighted by Gasteiger charge is 2.46. The maximum atomic E-state index is 13.2. The molecule has 1 N–H and O–H groups in total. The maximum Gasteiger partial charge on any atom is 0.325 e. The zero-order valence-electron chi connectivity index (χ0n) is 16.7. The van der Waals surface area contributed by atoms with Crippen molar-refractivity contribution in [2.75, 3.05) is 18.3 Å². The highest BCUT2D eigenvalue weighted by molar-refractivity contribution is 9.10. The van der Waals surface area contributed by atoms with Gasteiger partial charge in [0.1, 0.15) is 5.75 Å². The Labute approximate surface area is 186 Å². The Morgan fingerprint density at radius 2 is 2.10 bits per heavy atom. The van der Waals surface area contributed by atoms with Gasteiger partial charge in [0.2, 0.25) is 11.1 Å². The third kappa shape index (κ3) is 3.31. The Morgan fingerprint density at radius 3 is 2.80 bits per heavy atom. The zero-order valence-corrected chi connectivity index (χ0v) is 19.1. The van der Waals surface area contributed by atoms with Gasteiger partial charge in [0, 0.05) is 16.0 Å². The predicted molar refractivity (Wildman–Crippen MR) is 119 cm³/mol. The van der Waals surface area contributed by atoms with Gasteiger partial charge in [-0.15, -0.1) is 0 Å². The maximum absolute atomic E-state index is 13.2. The first-order chi connectivity index (χ1) is 14.5. The number of aromatic amines is 1. The summed E-state index contributed by atoms with van der Waals surface area (Å²) in [6, 6.07) is 13.0. The van der Waals surface area contributed by atoms with Crippen molar-refractivity contribution >= 4 is 39.3 Å². The molecule has 4 rings (SSSR count). The van der Waals surface area contributed by atoms with Gasteiger partial charge in [-0.1, -0.05) is 46.7 Å². The quantitative estimate of drug-likeness (QED) is 0.449. The van der Waals surface area contributed by atoms with Crippen molar-refractivity contribution in [1.82, 2.24) is 10.1 Å². The fourth-order valence-corrected chi connectivity index (χ4v) is 4.45. The molecule has 0 aliphatic carbocycles. The van der Waals surface area contributed by atoms with Gasteiger partial charge in [-0.05, 0) is 41.3 Å². The van der Waals surface area contributed by atoms with Crippen LogP contribution in [-0.2, 0) is 4.79 Å². The molecule has 154 valence electrons. The van der Waals surface area contributed by atoms with Crippen LogP contribution < -0.4 is 19.9 Å². The molecule has 2 heterocycles. The van der Waals surface area contributed by atoms with Gasteiger partial charge in [0.15, 0.2) is 0 Å². The van der Waals surface area contributed by atoms with Gasteiger partial charge in [-0.25, -0.2) is 4.90 Å². The summed E-state index contributed by atoms with van der Waals surface area (Å²) in [6.07, 6.45) is 1.49. The number of anilines is 1. The molecule has 1 aromatic heterocycles. The number of para-hydroxylation sites is 1. The molecule has 9 heteroatoms. The average Bonchev–Trinajstić information content (AvgIpc) is 2.77. The Hall–Kier alpha value is -2.65. The van der Waals surface area contributed by atoms with E-state index in [9.17, 15) is 9.59 Å². The first-order valence-corrected chi connectivity index (χ1v) is 11.4. The van der Waals surface area contributed by atoms with Crippen LogP contribution in [-0.4, -0.2) is 29.4 Å².